The summed E-state index contributed by atoms with van der Waals surface area (Å²) in [5, 5.41) is 14.6. The highest BCUT2D eigenvalue weighted by Crippen LogP contribution is 2.18. The van der Waals surface area contributed by atoms with Crippen LogP contribution < -0.4 is 10.6 Å². The Labute approximate surface area is 146 Å². The highest BCUT2D eigenvalue weighted by Gasteiger charge is 2.18. The molecule has 0 radical (unpaired) electrons. The third-order valence-corrected chi connectivity index (χ3v) is 4.37. The zero-order valence-electron chi connectivity index (χ0n) is 13.8. The van der Waals surface area contributed by atoms with E-state index in [1.165, 1.54) is 12.8 Å². The van der Waals surface area contributed by atoms with Crippen LogP contribution in [0.2, 0.25) is 0 Å². The molecule has 0 aromatic heterocycles. The number of nitriles is 1. The summed E-state index contributed by atoms with van der Waals surface area (Å²) in [6.07, 6.45) is 4.41. The molecule has 3 rings (SSSR count). The molecular weight excluding hydrogens is 314 g/mol. The Morgan fingerprint density at radius 2 is 1.44 bits per heavy atom. The predicted octanol–water partition coefficient (Wildman–Crippen LogP) is 3.48. The van der Waals surface area contributed by atoms with E-state index >= 15 is 0 Å². The summed E-state index contributed by atoms with van der Waals surface area (Å²) in [7, 11) is 0. The third kappa shape index (κ3) is 4.24. The monoisotopic (exact) mass is 333 g/mol. The highest BCUT2D eigenvalue weighted by atomic mass is 16.2. The molecule has 0 spiro atoms. The molecule has 0 atom stereocenters. The number of carbonyl (C=O) groups is 2. The summed E-state index contributed by atoms with van der Waals surface area (Å²) < 4.78 is 0. The maximum Gasteiger partial charge on any atom is 0.255 e. The van der Waals surface area contributed by atoms with Crippen LogP contribution in [0.5, 0.6) is 0 Å². The molecule has 0 unspecified atom stereocenters. The van der Waals surface area contributed by atoms with E-state index in [0.29, 0.717) is 22.4 Å². The Morgan fingerprint density at radius 1 is 0.880 bits per heavy atom. The van der Waals surface area contributed by atoms with Gasteiger partial charge in [-0.25, -0.2) is 0 Å². The van der Waals surface area contributed by atoms with Crippen molar-refractivity contribution in [2.45, 2.75) is 31.7 Å². The summed E-state index contributed by atoms with van der Waals surface area (Å²) in [6, 6.07) is 15.6. The van der Waals surface area contributed by atoms with E-state index in [0.717, 1.165) is 12.8 Å². The van der Waals surface area contributed by atoms with Crippen LogP contribution in [0.15, 0.2) is 48.5 Å². The molecule has 5 heteroatoms. The molecule has 25 heavy (non-hydrogen) atoms. The zero-order valence-corrected chi connectivity index (χ0v) is 13.8. The van der Waals surface area contributed by atoms with Crippen molar-refractivity contribution >= 4 is 17.5 Å². The molecule has 0 heterocycles. The van der Waals surface area contributed by atoms with Crippen LogP contribution in [0.25, 0.3) is 0 Å². The van der Waals surface area contributed by atoms with Crippen LogP contribution >= 0.6 is 0 Å². The summed E-state index contributed by atoms with van der Waals surface area (Å²) in [6.45, 7) is 0. The minimum atomic E-state index is -0.257. The molecule has 2 aromatic rings. The van der Waals surface area contributed by atoms with Gasteiger partial charge in [-0.2, -0.15) is 5.26 Å². The van der Waals surface area contributed by atoms with Crippen LogP contribution in [0, 0.1) is 11.3 Å². The average Bonchev–Trinajstić information content (AvgIpc) is 3.15. The molecule has 1 aliphatic carbocycles. The first kappa shape index (κ1) is 16.7. The van der Waals surface area contributed by atoms with Gasteiger partial charge in [-0.3, -0.25) is 9.59 Å². The molecule has 1 saturated carbocycles. The van der Waals surface area contributed by atoms with E-state index in [4.69, 9.17) is 5.26 Å². The average molecular weight is 333 g/mol. The lowest BCUT2D eigenvalue weighted by atomic mass is 10.1. The van der Waals surface area contributed by atoms with Crippen LogP contribution in [0.1, 0.15) is 52.0 Å². The van der Waals surface area contributed by atoms with Crippen molar-refractivity contribution in [3.8, 4) is 6.07 Å². The fourth-order valence-corrected chi connectivity index (χ4v) is 2.94. The van der Waals surface area contributed by atoms with E-state index < -0.39 is 0 Å². The van der Waals surface area contributed by atoms with Crippen molar-refractivity contribution in [2.24, 2.45) is 0 Å². The first-order valence-electron chi connectivity index (χ1n) is 8.38. The molecular formula is C20H19N3O2. The van der Waals surface area contributed by atoms with Crippen molar-refractivity contribution < 1.29 is 9.59 Å². The second-order valence-electron chi connectivity index (χ2n) is 6.18. The van der Waals surface area contributed by atoms with Gasteiger partial charge in [0.15, 0.2) is 0 Å². The Kier molecular flexibility index (Phi) is 5.10. The first-order valence-corrected chi connectivity index (χ1v) is 8.38. The number of rotatable bonds is 4. The predicted molar refractivity (Wildman–Crippen MR) is 95.3 cm³/mol. The Bertz CT molecular complexity index is 798. The lowest BCUT2D eigenvalue weighted by Gasteiger charge is -2.12. The standard InChI is InChI=1S/C20H19N3O2/c21-13-14-5-11-18(12-6-14)23-20(25)16-9-7-15(8-10-16)19(24)22-17-3-1-2-4-17/h5-12,17H,1-4H2,(H,22,24)(H,23,25). The minimum absolute atomic E-state index is 0.0917. The number of anilines is 1. The van der Waals surface area contributed by atoms with Gasteiger partial charge >= 0.3 is 0 Å². The van der Waals surface area contributed by atoms with Gasteiger partial charge in [0.25, 0.3) is 11.8 Å². The van der Waals surface area contributed by atoms with Gasteiger partial charge in [0, 0.05) is 22.9 Å². The second kappa shape index (κ2) is 7.63. The quantitative estimate of drug-likeness (QED) is 0.898. The summed E-state index contributed by atoms with van der Waals surface area (Å²) in [5.41, 5.74) is 2.19. The van der Waals surface area contributed by atoms with Gasteiger partial charge < -0.3 is 10.6 Å². The van der Waals surface area contributed by atoms with E-state index in [2.05, 4.69) is 10.6 Å². The Balaban J connectivity index is 1.61. The largest absolute Gasteiger partial charge is 0.349 e. The van der Waals surface area contributed by atoms with Crippen LogP contribution in [-0.4, -0.2) is 17.9 Å². The Hall–Kier alpha value is -3.13. The van der Waals surface area contributed by atoms with E-state index in [-0.39, 0.29) is 17.9 Å². The molecule has 126 valence electrons. The first-order chi connectivity index (χ1) is 12.2. The molecule has 0 saturated heterocycles. The number of nitrogens with one attached hydrogen (secondary N) is 2. The highest BCUT2D eigenvalue weighted by molar-refractivity contribution is 6.05. The SMILES string of the molecule is N#Cc1ccc(NC(=O)c2ccc(C(=O)NC3CCCC3)cc2)cc1. The van der Waals surface area contributed by atoms with Gasteiger partial charge in [-0.05, 0) is 61.4 Å². The summed E-state index contributed by atoms with van der Waals surface area (Å²) >= 11 is 0. The molecule has 2 amide bonds. The van der Waals surface area contributed by atoms with Crippen LogP contribution in [0.3, 0.4) is 0 Å². The van der Waals surface area contributed by atoms with E-state index in [9.17, 15) is 9.59 Å². The van der Waals surface area contributed by atoms with Crippen molar-refractivity contribution in [3.05, 3.63) is 65.2 Å². The molecule has 2 N–H and O–H groups in total. The van der Waals surface area contributed by atoms with Crippen molar-refractivity contribution in [3.63, 3.8) is 0 Å². The minimum Gasteiger partial charge on any atom is -0.349 e. The van der Waals surface area contributed by atoms with Gasteiger partial charge in [0.2, 0.25) is 0 Å². The van der Waals surface area contributed by atoms with Gasteiger partial charge in [0.05, 0.1) is 11.6 Å². The topological polar surface area (TPSA) is 82.0 Å². The molecule has 2 aromatic carbocycles. The van der Waals surface area contributed by atoms with E-state index in [1.54, 1.807) is 48.5 Å². The van der Waals surface area contributed by atoms with Crippen molar-refractivity contribution in [1.29, 1.82) is 5.26 Å². The van der Waals surface area contributed by atoms with E-state index in [1.807, 2.05) is 6.07 Å². The van der Waals surface area contributed by atoms with Crippen molar-refractivity contribution in [2.75, 3.05) is 5.32 Å². The van der Waals surface area contributed by atoms with Crippen LogP contribution in [0.4, 0.5) is 5.69 Å². The Morgan fingerprint density at radius 3 is 2.00 bits per heavy atom. The number of nitrogens with zero attached hydrogens (tertiary/aromatic N) is 1. The lowest BCUT2D eigenvalue weighted by molar-refractivity contribution is 0.0936. The van der Waals surface area contributed by atoms with Crippen molar-refractivity contribution in [1.82, 2.24) is 5.32 Å². The molecule has 0 aliphatic heterocycles. The molecule has 1 aliphatic rings. The molecule has 0 bridgehead atoms. The normalized spacial score (nSPS) is 13.9. The smallest absolute Gasteiger partial charge is 0.255 e. The fraction of sp³-hybridized carbons (Fsp3) is 0.250. The zero-order chi connectivity index (χ0) is 17.6. The molecule has 5 nitrogen and oxygen atoms in total. The summed E-state index contributed by atoms with van der Waals surface area (Å²) in [4.78, 5) is 24.4. The second-order valence-corrected chi connectivity index (χ2v) is 6.18. The van der Waals surface area contributed by atoms with Gasteiger partial charge in [0.1, 0.15) is 0 Å². The third-order valence-electron chi connectivity index (χ3n) is 4.37. The summed E-state index contributed by atoms with van der Waals surface area (Å²) in [5.74, 6) is -0.349. The van der Waals surface area contributed by atoms with Gasteiger partial charge in [-0.1, -0.05) is 12.8 Å². The number of benzene rings is 2. The fourth-order valence-electron chi connectivity index (χ4n) is 2.94. The maximum absolute atomic E-state index is 12.3. The number of carbonyl (C=O) groups excluding carboxylic acids is 2. The maximum atomic E-state index is 12.3. The number of amides is 2. The molecule has 1 fully saturated rings. The number of hydrogen-bond donors (Lipinski definition) is 2. The number of hydrogen-bond acceptors (Lipinski definition) is 3. The van der Waals surface area contributed by atoms with Crippen LogP contribution in [-0.2, 0) is 0 Å². The lowest BCUT2D eigenvalue weighted by Crippen LogP contribution is -2.32. The van der Waals surface area contributed by atoms with Gasteiger partial charge in [-0.15, -0.1) is 0 Å².